The lowest BCUT2D eigenvalue weighted by Gasteiger charge is -2.33. The van der Waals surface area contributed by atoms with Crippen LogP contribution < -0.4 is 10.6 Å². The molecule has 1 aromatic carbocycles. The molecule has 0 amide bonds. The Kier molecular flexibility index (Phi) is 11.7. The van der Waals surface area contributed by atoms with Gasteiger partial charge in [0.2, 0.25) is 0 Å². The summed E-state index contributed by atoms with van der Waals surface area (Å²) in [6, 6.07) is 9.10. The quantitative estimate of drug-likeness (QED) is 0.249. The van der Waals surface area contributed by atoms with E-state index in [1.54, 1.807) is 0 Å². The smallest absolute Gasteiger partial charge is 0.191 e. The maximum absolute atomic E-state index is 5.34. The third kappa shape index (κ3) is 8.70. The predicted octanol–water partition coefficient (Wildman–Crippen LogP) is 3.23. The zero-order valence-corrected chi connectivity index (χ0v) is 19.0. The van der Waals surface area contributed by atoms with Crippen LogP contribution in [-0.4, -0.2) is 56.8 Å². The first kappa shape index (κ1) is 22.7. The lowest BCUT2D eigenvalue weighted by Crippen LogP contribution is -2.49. The largest absolute Gasteiger partial charge is 0.380 e. The highest BCUT2D eigenvalue weighted by Gasteiger charge is 2.19. The van der Waals surface area contributed by atoms with Gasteiger partial charge in [-0.25, -0.2) is 0 Å². The van der Waals surface area contributed by atoms with Gasteiger partial charge >= 0.3 is 0 Å². The molecule has 0 spiro atoms. The van der Waals surface area contributed by atoms with Crippen LogP contribution in [-0.2, 0) is 11.3 Å². The topological polar surface area (TPSA) is 48.9 Å². The number of hydrogen-bond acceptors (Lipinski definition) is 3. The first-order valence-corrected chi connectivity index (χ1v) is 9.52. The van der Waals surface area contributed by atoms with Crippen LogP contribution in [0.25, 0.3) is 0 Å². The van der Waals surface area contributed by atoms with E-state index in [-0.39, 0.29) is 24.0 Å². The third-order valence-corrected chi connectivity index (χ3v) is 4.74. The maximum Gasteiger partial charge on any atom is 0.191 e. The van der Waals surface area contributed by atoms with Crippen LogP contribution >= 0.6 is 39.9 Å². The van der Waals surface area contributed by atoms with Crippen molar-refractivity contribution in [3.05, 3.63) is 34.3 Å². The van der Waals surface area contributed by atoms with E-state index >= 15 is 0 Å². The molecule has 0 radical (unpaired) electrons. The lowest BCUT2D eigenvalue weighted by atomic mass is 10.0. The van der Waals surface area contributed by atoms with Crippen LogP contribution in [0.3, 0.4) is 0 Å². The fourth-order valence-corrected chi connectivity index (χ4v) is 3.12. The maximum atomic E-state index is 5.34. The van der Waals surface area contributed by atoms with Crippen LogP contribution in [0.15, 0.2) is 33.7 Å². The van der Waals surface area contributed by atoms with Crippen molar-refractivity contribution >= 4 is 45.9 Å². The van der Waals surface area contributed by atoms with E-state index in [9.17, 15) is 0 Å². The number of benzene rings is 1. The van der Waals surface area contributed by atoms with Gasteiger partial charge in [0.1, 0.15) is 0 Å². The molecule has 1 heterocycles. The lowest BCUT2D eigenvalue weighted by molar-refractivity contribution is 0.152. The normalized spacial score (nSPS) is 16.4. The van der Waals surface area contributed by atoms with E-state index in [1.807, 2.05) is 14.0 Å². The molecule has 0 aliphatic carbocycles. The summed E-state index contributed by atoms with van der Waals surface area (Å²) in [5.41, 5.74) is 1.37. The second-order valence-electron chi connectivity index (χ2n) is 6.02. The monoisotopic (exact) mass is 524 g/mol. The van der Waals surface area contributed by atoms with E-state index in [2.05, 4.69) is 60.7 Å². The van der Waals surface area contributed by atoms with Crippen molar-refractivity contribution < 1.29 is 4.74 Å². The average Bonchev–Trinajstić information content (AvgIpc) is 2.61. The number of nitrogens with one attached hydrogen (secondary N) is 2. The van der Waals surface area contributed by atoms with Gasteiger partial charge in [-0.15, -0.1) is 24.0 Å². The Morgan fingerprint density at radius 1 is 1.28 bits per heavy atom. The number of ether oxygens (including phenoxy) is 1. The van der Waals surface area contributed by atoms with Crippen LogP contribution in [0, 0.1) is 0 Å². The Hall–Kier alpha value is -0.380. The zero-order chi connectivity index (χ0) is 17.2. The van der Waals surface area contributed by atoms with Gasteiger partial charge in [-0.2, -0.15) is 0 Å². The van der Waals surface area contributed by atoms with Crippen LogP contribution in [0.1, 0.15) is 25.3 Å². The van der Waals surface area contributed by atoms with Crippen LogP contribution in [0.4, 0.5) is 0 Å². The minimum Gasteiger partial charge on any atom is -0.380 e. The Balaban J connectivity index is 0.00000312. The van der Waals surface area contributed by atoms with E-state index in [4.69, 9.17) is 4.74 Å². The van der Waals surface area contributed by atoms with E-state index in [0.29, 0.717) is 12.6 Å². The fourth-order valence-electron chi connectivity index (χ4n) is 2.86. The summed E-state index contributed by atoms with van der Waals surface area (Å²) in [6.45, 7) is 7.52. The molecule has 25 heavy (non-hydrogen) atoms. The molecule has 2 rings (SSSR count). The van der Waals surface area contributed by atoms with Gasteiger partial charge in [0.15, 0.2) is 5.96 Å². The first-order chi connectivity index (χ1) is 11.7. The molecule has 1 aliphatic heterocycles. The highest BCUT2D eigenvalue weighted by molar-refractivity contribution is 14.0. The summed E-state index contributed by atoms with van der Waals surface area (Å²) < 4.78 is 6.48. The van der Waals surface area contributed by atoms with Crippen molar-refractivity contribution in [3.8, 4) is 0 Å². The average molecular weight is 525 g/mol. The predicted molar refractivity (Wildman–Crippen MR) is 119 cm³/mol. The van der Waals surface area contributed by atoms with Crippen LogP contribution in [0.2, 0.25) is 0 Å². The second kappa shape index (κ2) is 12.9. The zero-order valence-electron chi connectivity index (χ0n) is 15.1. The highest BCUT2D eigenvalue weighted by atomic mass is 127. The summed E-state index contributed by atoms with van der Waals surface area (Å²) in [6.07, 6.45) is 2.28. The van der Waals surface area contributed by atoms with Crippen molar-refractivity contribution in [2.75, 3.05) is 39.9 Å². The van der Waals surface area contributed by atoms with Gasteiger partial charge in [-0.1, -0.05) is 28.1 Å². The minimum atomic E-state index is 0. The van der Waals surface area contributed by atoms with Gasteiger partial charge in [-0.3, -0.25) is 9.89 Å². The van der Waals surface area contributed by atoms with Crippen molar-refractivity contribution in [1.82, 2.24) is 15.5 Å². The first-order valence-electron chi connectivity index (χ1n) is 8.73. The number of hydrogen-bond donors (Lipinski definition) is 2. The molecule has 0 atom stereocenters. The molecule has 1 aromatic rings. The Bertz CT molecular complexity index is 504. The Labute approximate surface area is 177 Å². The molecule has 1 aliphatic rings. The van der Waals surface area contributed by atoms with Crippen molar-refractivity contribution in [1.29, 1.82) is 0 Å². The highest BCUT2D eigenvalue weighted by Crippen LogP contribution is 2.16. The van der Waals surface area contributed by atoms with Gasteiger partial charge in [0, 0.05) is 50.3 Å². The summed E-state index contributed by atoms with van der Waals surface area (Å²) in [7, 11) is 1.82. The molecule has 0 saturated carbocycles. The molecule has 0 unspecified atom stereocenters. The van der Waals surface area contributed by atoms with Crippen molar-refractivity contribution in [2.24, 2.45) is 4.99 Å². The standard InChI is InChI=1S/C18H29BrN4O.HI/c1-3-24-13-10-21-18(20-2)22-17-8-11-23(12-9-17)14-15-4-6-16(19)7-5-15;/h4-7,17H,3,8-14H2,1-2H3,(H2,20,21,22);1H. The SMILES string of the molecule is CCOCCNC(=NC)NC1CCN(Cc2ccc(Br)cc2)CC1.I. The summed E-state index contributed by atoms with van der Waals surface area (Å²) in [5, 5.41) is 6.83. The molecule has 0 aromatic heterocycles. The molecule has 1 saturated heterocycles. The number of nitrogens with zero attached hydrogens (tertiary/aromatic N) is 2. The summed E-state index contributed by atoms with van der Waals surface area (Å²) >= 11 is 3.49. The van der Waals surface area contributed by atoms with Gasteiger partial charge < -0.3 is 15.4 Å². The van der Waals surface area contributed by atoms with Gasteiger partial charge in [-0.05, 0) is 37.5 Å². The molecular formula is C18H30BrIN4O. The van der Waals surface area contributed by atoms with E-state index < -0.39 is 0 Å². The van der Waals surface area contributed by atoms with Gasteiger partial charge in [0.05, 0.1) is 6.61 Å². The number of piperidine rings is 1. The Morgan fingerprint density at radius 2 is 1.96 bits per heavy atom. The van der Waals surface area contributed by atoms with E-state index in [1.165, 1.54) is 5.56 Å². The van der Waals surface area contributed by atoms with Crippen molar-refractivity contribution in [3.63, 3.8) is 0 Å². The number of rotatable bonds is 7. The molecular weight excluding hydrogens is 495 g/mol. The summed E-state index contributed by atoms with van der Waals surface area (Å²) in [5.74, 6) is 0.876. The molecule has 142 valence electrons. The van der Waals surface area contributed by atoms with E-state index in [0.717, 1.165) is 56.1 Å². The Morgan fingerprint density at radius 3 is 2.56 bits per heavy atom. The minimum absolute atomic E-state index is 0. The third-order valence-electron chi connectivity index (χ3n) is 4.21. The van der Waals surface area contributed by atoms with Gasteiger partial charge in [0.25, 0.3) is 0 Å². The summed E-state index contributed by atoms with van der Waals surface area (Å²) in [4.78, 5) is 6.82. The van der Waals surface area contributed by atoms with Crippen LogP contribution in [0.5, 0.6) is 0 Å². The number of likely N-dealkylation sites (tertiary alicyclic amines) is 1. The molecule has 5 nitrogen and oxygen atoms in total. The number of halogens is 2. The molecule has 7 heteroatoms. The fraction of sp³-hybridized carbons (Fsp3) is 0.611. The second-order valence-corrected chi connectivity index (χ2v) is 6.93. The molecule has 1 fully saturated rings. The molecule has 2 N–H and O–H groups in total. The number of guanidine groups is 1. The molecule has 0 bridgehead atoms. The number of aliphatic imine (C=N–C) groups is 1. The van der Waals surface area contributed by atoms with Crippen molar-refractivity contribution in [2.45, 2.75) is 32.4 Å².